The minimum atomic E-state index is -3.83. The maximum atomic E-state index is 13.3. The lowest BCUT2D eigenvalue weighted by Crippen LogP contribution is -2.11. The van der Waals surface area contributed by atoms with Crippen LogP contribution in [0.25, 0.3) is 32.4 Å². The number of carbonyl (C=O) groups excluding carboxylic acids is 1. The Hall–Kier alpha value is -3.56. The number of nitrogen functional groups attached to an aromatic ring is 1. The van der Waals surface area contributed by atoms with Gasteiger partial charge in [0.15, 0.2) is 6.29 Å². The summed E-state index contributed by atoms with van der Waals surface area (Å²) in [5.74, 6) is 0.0551. The van der Waals surface area contributed by atoms with Gasteiger partial charge in [0, 0.05) is 22.5 Å². The van der Waals surface area contributed by atoms with E-state index in [-0.39, 0.29) is 10.8 Å². The summed E-state index contributed by atoms with van der Waals surface area (Å²) < 4.78 is 27.9. The van der Waals surface area contributed by atoms with Crippen LogP contribution in [0, 0.1) is 0 Å². The molecule has 0 aliphatic rings. The highest BCUT2D eigenvalue weighted by molar-refractivity contribution is 7.90. The molecule has 3 heterocycles. The number of hydrogen-bond acceptors (Lipinski definition) is 7. The summed E-state index contributed by atoms with van der Waals surface area (Å²) in [4.78, 5) is 21.1. The van der Waals surface area contributed by atoms with Crippen molar-refractivity contribution in [3.63, 3.8) is 0 Å². The van der Waals surface area contributed by atoms with Crippen LogP contribution in [0.5, 0.6) is 0 Å². The number of carbonyl (C=O) groups is 1. The second-order valence-corrected chi connectivity index (χ2v) is 9.47. The van der Waals surface area contributed by atoms with Gasteiger partial charge in [0.1, 0.15) is 4.83 Å². The van der Waals surface area contributed by atoms with E-state index in [0.29, 0.717) is 37.3 Å². The summed E-state index contributed by atoms with van der Waals surface area (Å²) in [6.45, 7) is 0. The summed E-state index contributed by atoms with van der Waals surface area (Å²) in [6.07, 6.45) is 2.29. The molecule has 0 aliphatic heterocycles. The van der Waals surface area contributed by atoms with Gasteiger partial charge in [0.05, 0.1) is 21.0 Å². The lowest BCUT2D eigenvalue weighted by atomic mass is 10.1. The minimum absolute atomic E-state index is 0.0551. The van der Waals surface area contributed by atoms with Crippen molar-refractivity contribution >= 4 is 54.7 Å². The first kappa shape index (κ1) is 18.5. The van der Waals surface area contributed by atoms with Crippen molar-refractivity contribution in [2.24, 2.45) is 0 Å². The monoisotopic (exact) mass is 434 g/mol. The van der Waals surface area contributed by atoms with Gasteiger partial charge in [-0.3, -0.25) is 4.79 Å². The van der Waals surface area contributed by atoms with Crippen LogP contribution >= 0.6 is 11.3 Å². The Morgan fingerprint density at radius 3 is 2.47 bits per heavy atom. The number of benzene rings is 2. The molecule has 7 nitrogen and oxygen atoms in total. The van der Waals surface area contributed by atoms with Crippen molar-refractivity contribution in [1.29, 1.82) is 0 Å². The average Bonchev–Trinajstić information content (AvgIpc) is 3.35. The molecule has 3 aromatic heterocycles. The summed E-state index contributed by atoms with van der Waals surface area (Å²) in [6, 6.07) is 17.1. The van der Waals surface area contributed by atoms with Gasteiger partial charge in [-0.05, 0) is 24.3 Å². The number of para-hydroxylation sites is 1. The Balaban J connectivity index is 1.84. The number of aldehydes is 1. The number of fused-ring (bicyclic) bond motifs is 2. The van der Waals surface area contributed by atoms with Crippen molar-refractivity contribution < 1.29 is 13.2 Å². The third kappa shape index (κ3) is 2.78. The zero-order valence-electron chi connectivity index (χ0n) is 15.4. The molecule has 0 bridgehead atoms. The fourth-order valence-corrected chi connectivity index (χ4v) is 5.71. The topological polar surface area (TPSA) is 108 Å². The predicted molar refractivity (Wildman–Crippen MR) is 117 cm³/mol. The number of rotatable bonds is 4. The van der Waals surface area contributed by atoms with E-state index >= 15 is 0 Å². The van der Waals surface area contributed by atoms with E-state index in [1.54, 1.807) is 54.7 Å². The van der Waals surface area contributed by atoms with E-state index in [4.69, 9.17) is 5.73 Å². The standard InChI is InChI=1S/C21H14N4O3S2/c22-21-23-19(16-10-13(12-26)29-20(16)24-21)17-11-25(18-9-5-4-8-15(17)18)30(27,28)14-6-2-1-3-7-14/h1-12H,(H2,22,23,24). The summed E-state index contributed by atoms with van der Waals surface area (Å²) in [5.41, 5.74) is 7.52. The van der Waals surface area contributed by atoms with Gasteiger partial charge in [-0.15, -0.1) is 11.3 Å². The molecule has 0 saturated carbocycles. The maximum Gasteiger partial charge on any atom is 0.268 e. The molecular formula is C21H14N4O3S2. The summed E-state index contributed by atoms with van der Waals surface area (Å²) in [7, 11) is -3.83. The van der Waals surface area contributed by atoms with Crippen molar-refractivity contribution in [2.45, 2.75) is 4.90 Å². The Morgan fingerprint density at radius 2 is 1.70 bits per heavy atom. The van der Waals surface area contributed by atoms with E-state index < -0.39 is 10.0 Å². The van der Waals surface area contributed by atoms with E-state index in [0.717, 1.165) is 6.29 Å². The van der Waals surface area contributed by atoms with Gasteiger partial charge in [0.25, 0.3) is 10.0 Å². The van der Waals surface area contributed by atoms with Crippen LogP contribution < -0.4 is 5.73 Å². The molecule has 0 atom stereocenters. The van der Waals surface area contributed by atoms with Crippen LogP contribution in [-0.4, -0.2) is 28.6 Å². The Labute approximate surface area is 175 Å². The van der Waals surface area contributed by atoms with E-state index in [9.17, 15) is 13.2 Å². The number of anilines is 1. The van der Waals surface area contributed by atoms with Crippen LogP contribution in [0.2, 0.25) is 0 Å². The number of nitrogens with zero attached hydrogens (tertiary/aromatic N) is 3. The molecule has 148 valence electrons. The quantitative estimate of drug-likeness (QED) is 0.429. The van der Waals surface area contributed by atoms with Gasteiger partial charge in [-0.25, -0.2) is 22.4 Å². The Bertz CT molecular complexity index is 1540. The molecule has 0 saturated heterocycles. The van der Waals surface area contributed by atoms with Gasteiger partial charge in [0.2, 0.25) is 5.95 Å². The molecule has 0 unspecified atom stereocenters. The molecule has 2 aromatic carbocycles. The zero-order valence-corrected chi connectivity index (χ0v) is 17.0. The summed E-state index contributed by atoms with van der Waals surface area (Å²) >= 11 is 1.21. The van der Waals surface area contributed by atoms with Crippen molar-refractivity contribution in [3.8, 4) is 11.3 Å². The number of hydrogen-bond donors (Lipinski definition) is 1. The molecule has 5 rings (SSSR count). The normalized spacial score (nSPS) is 11.9. The zero-order chi connectivity index (χ0) is 20.9. The highest BCUT2D eigenvalue weighted by Crippen LogP contribution is 2.37. The fraction of sp³-hybridized carbons (Fsp3) is 0. The molecule has 5 aromatic rings. The molecule has 9 heteroatoms. The fourth-order valence-electron chi connectivity index (χ4n) is 3.46. The largest absolute Gasteiger partial charge is 0.368 e. The molecule has 0 spiro atoms. The third-order valence-electron chi connectivity index (χ3n) is 4.78. The first-order valence-electron chi connectivity index (χ1n) is 8.92. The molecule has 0 amide bonds. The lowest BCUT2D eigenvalue weighted by molar-refractivity contribution is 0.112. The number of thiophene rings is 1. The van der Waals surface area contributed by atoms with Gasteiger partial charge in [-0.1, -0.05) is 36.4 Å². The van der Waals surface area contributed by atoms with E-state index in [1.165, 1.54) is 15.3 Å². The summed E-state index contributed by atoms with van der Waals surface area (Å²) in [5, 5.41) is 1.35. The molecule has 30 heavy (non-hydrogen) atoms. The SMILES string of the molecule is Nc1nc(-c2cn(S(=O)(=O)c3ccccc3)c3ccccc23)c2cc(C=O)sc2n1. The Kier molecular flexibility index (Phi) is 4.16. The first-order chi connectivity index (χ1) is 14.5. The van der Waals surface area contributed by atoms with Crippen molar-refractivity contribution in [1.82, 2.24) is 13.9 Å². The molecular weight excluding hydrogens is 420 g/mol. The number of nitrogens with two attached hydrogens (primary N) is 1. The molecule has 0 aliphatic carbocycles. The van der Waals surface area contributed by atoms with Crippen LogP contribution in [0.1, 0.15) is 9.67 Å². The second kappa shape index (κ2) is 6.75. The lowest BCUT2D eigenvalue weighted by Gasteiger charge is -2.07. The smallest absolute Gasteiger partial charge is 0.268 e. The average molecular weight is 435 g/mol. The van der Waals surface area contributed by atoms with Crippen LogP contribution in [0.3, 0.4) is 0 Å². The third-order valence-corrected chi connectivity index (χ3v) is 7.42. The van der Waals surface area contributed by atoms with Gasteiger partial charge < -0.3 is 5.73 Å². The minimum Gasteiger partial charge on any atom is -0.368 e. The van der Waals surface area contributed by atoms with Crippen LogP contribution in [0.4, 0.5) is 5.95 Å². The van der Waals surface area contributed by atoms with Crippen molar-refractivity contribution in [3.05, 3.63) is 71.7 Å². The molecule has 0 fully saturated rings. The molecule has 2 N–H and O–H groups in total. The number of aromatic nitrogens is 3. The predicted octanol–water partition coefficient (Wildman–Crippen LogP) is 3.94. The van der Waals surface area contributed by atoms with Crippen LogP contribution in [-0.2, 0) is 10.0 Å². The van der Waals surface area contributed by atoms with Gasteiger partial charge >= 0.3 is 0 Å². The van der Waals surface area contributed by atoms with Gasteiger partial charge in [-0.2, -0.15) is 0 Å². The highest BCUT2D eigenvalue weighted by atomic mass is 32.2. The maximum absolute atomic E-state index is 13.3. The first-order valence-corrected chi connectivity index (χ1v) is 11.2. The van der Waals surface area contributed by atoms with E-state index in [1.807, 2.05) is 12.1 Å². The van der Waals surface area contributed by atoms with Crippen LogP contribution in [0.15, 0.2) is 71.8 Å². The second-order valence-electron chi connectivity index (χ2n) is 6.59. The Morgan fingerprint density at radius 1 is 0.967 bits per heavy atom. The van der Waals surface area contributed by atoms with Crippen molar-refractivity contribution in [2.75, 3.05) is 5.73 Å². The highest BCUT2D eigenvalue weighted by Gasteiger charge is 2.23. The van der Waals surface area contributed by atoms with E-state index in [2.05, 4.69) is 9.97 Å². The molecule has 0 radical (unpaired) electrons.